The summed E-state index contributed by atoms with van der Waals surface area (Å²) < 4.78 is 0. The first-order valence-corrected chi connectivity index (χ1v) is 5.80. The summed E-state index contributed by atoms with van der Waals surface area (Å²) in [6, 6.07) is 6.88. The summed E-state index contributed by atoms with van der Waals surface area (Å²) in [7, 11) is 0. The van der Waals surface area contributed by atoms with Crippen LogP contribution in [-0.2, 0) is 0 Å². The smallest absolute Gasteiger partial charge is 0.115 e. The Hall–Kier alpha value is -1.87. The number of phenolic OH excluding ortho intramolecular Hbond substituents is 1. The van der Waals surface area contributed by atoms with Crippen LogP contribution in [0.5, 0.6) is 5.75 Å². The minimum absolute atomic E-state index is 0.107. The van der Waals surface area contributed by atoms with E-state index in [2.05, 4.69) is 13.2 Å². The molecule has 0 aliphatic heterocycles. The molecule has 1 aromatic carbocycles. The molecule has 0 bridgehead atoms. The fourth-order valence-electron chi connectivity index (χ4n) is 1.03. The second-order valence-corrected chi connectivity index (χ2v) is 4.31. The van der Waals surface area contributed by atoms with Gasteiger partial charge in [-0.25, -0.2) is 0 Å². The molecule has 0 saturated heterocycles. The van der Waals surface area contributed by atoms with Crippen molar-refractivity contribution in [3.05, 3.63) is 72.4 Å². The molecule has 0 amide bonds. The Balaban J connectivity index is 2.80. The second kappa shape index (κ2) is 6.66. The maximum Gasteiger partial charge on any atom is 0.115 e. The summed E-state index contributed by atoms with van der Waals surface area (Å²) >= 11 is 1.49. The van der Waals surface area contributed by atoms with Gasteiger partial charge >= 0.3 is 0 Å². The van der Waals surface area contributed by atoms with Crippen molar-refractivity contribution in [2.24, 2.45) is 0 Å². The molecule has 88 valence electrons. The molecule has 0 atom stereocenters. The van der Waals surface area contributed by atoms with Crippen molar-refractivity contribution in [1.82, 2.24) is 0 Å². The number of rotatable bonds is 5. The highest BCUT2D eigenvalue weighted by Gasteiger charge is 1.97. The predicted molar refractivity (Wildman–Crippen MR) is 73.2 cm³/mol. The number of thioether (sulfide) groups is 1. The Kier molecular flexibility index (Phi) is 5.17. The Labute approximate surface area is 105 Å². The standard InChI is InChI=1S/C14H14O2S/c1-3-11(15)5-8-13(4-2)17-14-9-6-12(16)7-10-14/h3-10,15-16H,1-2H2/b11-5+,13-8+. The lowest BCUT2D eigenvalue weighted by molar-refractivity contribution is 0.433. The van der Waals surface area contributed by atoms with Crippen LogP contribution in [0.25, 0.3) is 0 Å². The second-order valence-electron chi connectivity index (χ2n) is 3.16. The molecule has 17 heavy (non-hydrogen) atoms. The van der Waals surface area contributed by atoms with E-state index in [1.54, 1.807) is 30.4 Å². The van der Waals surface area contributed by atoms with Crippen LogP contribution in [0.3, 0.4) is 0 Å². The van der Waals surface area contributed by atoms with Crippen LogP contribution in [0.4, 0.5) is 0 Å². The van der Waals surface area contributed by atoms with Crippen molar-refractivity contribution in [2.75, 3.05) is 0 Å². The van der Waals surface area contributed by atoms with E-state index in [1.807, 2.05) is 12.1 Å². The first-order chi connectivity index (χ1) is 8.15. The third-order valence-electron chi connectivity index (χ3n) is 1.90. The SMILES string of the molecule is C=C/C(O)=C\C=C(/C=C)Sc1ccc(O)cc1. The average molecular weight is 246 g/mol. The van der Waals surface area contributed by atoms with Crippen molar-refractivity contribution >= 4 is 11.8 Å². The van der Waals surface area contributed by atoms with E-state index in [9.17, 15) is 5.11 Å². The van der Waals surface area contributed by atoms with E-state index in [-0.39, 0.29) is 11.5 Å². The van der Waals surface area contributed by atoms with Crippen molar-refractivity contribution in [2.45, 2.75) is 4.90 Å². The summed E-state index contributed by atoms with van der Waals surface area (Å²) in [4.78, 5) is 1.88. The average Bonchev–Trinajstić information content (AvgIpc) is 2.36. The molecule has 0 spiro atoms. The number of aromatic hydroxyl groups is 1. The lowest BCUT2D eigenvalue weighted by Gasteiger charge is -2.01. The fourth-order valence-corrected chi connectivity index (χ4v) is 1.79. The first kappa shape index (κ1) is 13.2. The Bertz CT molecular complexity index is 456. The summed E-state index contributed by atoms with van der Waals surface area (Å²) in [5.41, 5.74) is 0. The molecule has 0 radical (unpaired) electrons. The maximum atomic E-state index is 9.23. The third-order valence-corrected chi connectivity index (χ3v) is 2.95. The number of hydrogen-bond acceptors (Lipinski definition) is 3. The summed E-state index contributed by atoms with van der Waals surface area (Å²) in [6.07, 6.45) is 6.37. The van der Waals surface area contributed by atoms with Crippen molar-refractivity contribution in [3.63, 3.8) is 0 Å². The molecular formula is C14H14O2S. The van der Waals surface area contributed by atoms with Crippen LogP contribution < -0.4 is 0 Å². The summed E-state index contributed by atoms with van der Waals surface area (Å²) in [5.74, 6) is 0.346. The normalized spacial score (nSPS) is 12.2. The van der Waals surface area contributed by atoms with E-state index < -0.39 is 0 Å². The number of phenols is 1. The highest BCUT2D eigenvalue weighted by Crippen LogP contribution is 2.28. The Morgan fingerprint density at radius 3 is 2.24 bits per heavy atom. The monoisotopic (exact) mass is 246 g/mol. The summed E-state index contributed by atoms with van der Waals surface area (Å²) in [5, 5.41) is 18.4. The van der Waals surface area contributed by atoms with Crippen LogP contribution in [0, 0.1) is 0 Å². The number of benzene rings is 1. The fraction of sp³-hybridized carbons (Fsp3) is 0. The van der Waals surface area contributed by atoms with E-state index in [4.69, 9.17) is 5.11 Å². The first-order valence-electron chi connectivity index (χ1n) is 4.98. The van der Waals surface area contributed by atoms with Crippen molar-refractivity contribution in [3.8, 4) is 5.75 Å². The Morgan fingerprint density at radius 1 is 1.06 bits per heavy atom. The molecule has 2 nitrogen and oxygen atoms in total. The molecule has 0 saturated carbocycles. The molecule has 0 heterocycles. The largest absolute Gasteiger partial charge is 0.508 e. The molecule has 0 aliphatic carbocycles. The van der Waals surface area contributed by atoms with Gasteiger partial charge in [0, 0.05) is 9.80 Å². The van der Waals surface area contributed by atoms with Gasteiger partial charge in [-0.1, -0.05) is 31.0 Å². The maximum absolute atomic E-state index is 9.23. The quantitative estimate of drug-likeness (QED) is 0.465. The van der Waals surface area contributed by atoms with Gasteiger partial charge in [0.15, 0.2) is 0 Å². The van der Waals surface area contributed by atoms with Crippen LogP contribution >= 0.6 is 11.8 Å². The zero-order valence-corrected chi connectivity index (χ0v) is 10.2. The van der Waals surface area contributed by atoms with Gasteiger partial charge in [-0.15, -0.1) is 0 Å². The van der Waals surface area contributed by atoms with Crippen molar-refractivity contribution in [1.29, 1.82) is 0 Å². The lowest BCUT2D eigenvalue weighted by atomic mass is 10.3. The number of aliphatic hydroxyl groups excluding tert-OH is 1. The number of allylic oxidation sites excluding steroid dienone is 4. The van der Waals surface area contributed by atoms with Gasteiger partial charge in [-0.3, -0.25) is 0 Å². The number of hydrogen-bond donors (Lipinski definition) is 2. The van der Waals surface area contributed by atoms with Gasteiger partial charge in [0.25, 0.3) is 0 Å². The number of aliphatic hydroxyl groups is 1. The van der Waals surface area contributed by atoms with Crippen LogP contribution in [0.2, 0.25) is 0 Å². The zero-order chi connectivity index (χ0) is 12.7. The van der Waals surface area contributed by atoms with Gasteiger partial charge in [0.1, 0.15) is 11.5 Å². The molecule has 1 aromatic rings. The van der Waals surface area contributed by atoms with E-state index in [1.165, 1.54) is 17.8 Å². The molecular weight excluding hydrogens is 232 g/mol. The third kappa shape index (κ3) is 4.66. The van der Waals surface area contributed by atoms with Crippen LogP contribution in [-0.4, -0.2) is 10.2 Å². The lowest BCUT2D eigenvalue weighted by Crippen LogP contribution is -1.75. The molecule has 2 N–H and O–H groups in total. The zero-order valence-electron chi connectivity index (χ0n) is 9.34. The minimum Gasteiger partial charge on any atom is -0.508 e. The van der Waals surface area contributed by atoms with E-state index in [0.29, 0.717) is 0 Å². The van der Waals surface area contributed by atoms with Gasteiger partial charge in [-0.05, 0) is 42.5 Å². The molecule has 1 rings (SSSR count). The van der Waals surface area contributed by atoms with E-state index >= 15 is 0 Å². The Morgan fingerprint density at radius 2 is 1.71 bits per heavy atom. The van der Waals surface area contributed by atoms with Gasteiger partial charge in [-0.2, -0.15) is 0 Å². The topological polar surface area (TPSA) is 40.5 Å². The van der Waals surface area contributed by atoms with Crippen LogP contribution in [0.15, 0.2) is 77.3 Å². The van der Waals surface area contributed by atoms with Crippen LogP contribution in [0.1, 0.15) is 0 Å². The summed E-state index contributed by atoms with van der Waals surface area (Å²) in [6.45, 7) is 7.15. The highest BCUT2D eigenvalue weighted by atomic mass is 32.2. The van der Waals surface area contributed by atoms with Gasteiger partial charge in [0.2, 0.25) is 0 Å². The molecule has 3 heteroatoms. The highest BCUT2D eigenvalue weighted by molar-refractivity contribution is 8.03. The molecule has 0 fully saturated rings. The molecule has 0 aliphatic rings. The van der Waals surface area contributed by atoms with E-state index in [0.717, 1.165) is 9.80 Å². The van der Waals surface area contributed by atoms with Gasteiger partial charge in [0.05, 0.1) is 0 Å². The van der Waals surface area contributed by atoms with Gasteiger partial charge < -0.3 is 10.2 Å². The predicted octanol–water partition coefficient (Wildman–Crippen LogP) is 4.18. The molecule has 0 aromatic heterocycles. The minimum atomic E-state index is 0.107. The van der Waals surface area contributed by atoms with Crippen molar-refractivity contribution < 1.29 is 10.2 Å². The molecule has 0 unspecified atom stereocenters.